The molecule has 9 nitrogen and oxygen atoms in total. The van der Waals surface area contributed by atoms with Crippen LogP contribution in [0.4, 0.5) is 14.0 Å². The molecule has 4 atom stereocenters. The molecule has 2 aromatic carbocycles. The molecule has 0 bridgehead atoms. The first-order valence-electron chi connectivity index (χ1n) is 13.4. The van der Waals surface area contributed by atoms with Crippen molar-refractivity contribution in [2.75, 3.05) is 19.8 Å². The third-order valence-electron chi connectivity index (χ3n) is 6.41. The average molecular weight is 561 g/mol. The fourth-order valence-electron chi connectivity index (χ4n) is 4.42. The van der Waals surface area contributed by atoms with Crippen LogP contribution in [0.25, 0.3) is 0 Å². The van der Waals surface area contributed by atoms with E-state index < -0.39 is 54.3 Å². The second-order valence-corrected chi connectivity index (χ2v) is 11.6. The van der Waals surface area contributed by atoms with Gasteiger partial charge in [0.15, 0.2) is 0 Å². The van der Waals surface area contributed by atoms with E-state index >= 15 is 0 Å². The summed E-state index contributed by atoms with van der Waals surface area (Å²) in [6, 6.07) is 16.6. The monoisotopic (exact) mass is 560 g/mol. The largest absolute Gasteiger partial charge is 0.530 e. The van der Waals surface area contributed by atoms with E-state index in [2.05, 4.69) is 10.6 Å². The van der Waals surface area contributed by atoms with Gasteiger partial charge in [-0.3, -0.25) is 0 Å². The van der Waals surface area contributed by atoms with Crippen LogP contribution in [-0.4, -0.2) is 82.5 Å². The van der Waals surface area contributed by atoms with Crippen molar-refractivity contribution in [2.45, 2.75) is 82.9 Å². The van der Waals surface area contributed by atoms with E-state index in [1.807, 2.05) is 36.4 Å². The number of alkyl halides is 1. The molecule has 0 saturated heterocycles. The van der Waals surface area contributed by atoms with Gasteiger partial charge in [0.1, 0.15) is 18.4 Å². The van der Waals surface area contributed by atoms with Gasteiger partial charge in [0.25, 0.3) is 0 Å². The highest BCUT2D eigenvalue weighted by Crippen LogP contribution is 2.23. The van der Waals surface area contributed by atoms with Gasteiger partial charge in [-0.2, -0.15) is 0 Å². The lowest BCUT2D eigenvalue weighted by Crippen LogP contribution is -2.63. The molecule has 0 unspecified atom stereocenters. The maximum atomic E-state index is 13.9. The lowest BCUT2D eigenvalue weighted by molar-refractivity contribution is -0.276. The molecule has 40 heavy (non-hydrogen) atoms. The van der Waals surface area contributed by atoms with Gasteiger partial charge < -0.3 is 40.4 Å². The first-order chi connectivity index (χ1) is 18.7. The molecule has 0 aromatic heterocycles. The number of carboxylic acid groups (broad SMARTS) is 1. The average Bonchev–Trinajstić information content (AvgIpc) is 2.87. The minimum Gasteiger partial charge on any atom is -0.530 e. The molecule has 0 fully saturated rings. The van der Waals surface area contributed by atoms with Gasteiger partial charge in [-0.25, -0.2) is 9.18 Å². The number of nitrogens with one attached hydrogen (secondary N) is 2. The van der Waals surface area contributed by atoms with Gasteiger partial charge in [0.05, 0.1) is 29.8 Å². The summed E-state index contributed by atoms with van der Waals surface area (Å²) in [5.74, 6) is 0. The molecule has 0 heterocycles. The highest BCUT2D eigenvalue weighted by atomic mass is 19.1. The lowest BCUT2D eigenvalue weighted by Gasteiger charge is -2.46. The van der Waals surface area contributed by atoms with Gasteiger partial charge in [-0.1, -0.05) is 60.7 Å². The quantitative estimate of drug-likeness (QED) is 0.279. The van der Waals surface area contributed by atoms with Crippen LogP contribution in [0.15, 0.2) is 60.7 Å². The van der Waals surface area contributed by atoms with Gasteiger partial charge in [0.2, 0.25) is 0 Å². The molecule has 0 spiro atoms. The Kier molecular flexibility index (Phi) is 12.4. The van der Waals surface area contributed by atoms with Gasteiger partial charge >= 0.3 is 6.09 Å². The number of carbonyl (C=O) groups excluding carboxylic acids is 2. The maximum absolute atomic E-state index is 13.9. The molecule has 10 heteroatoms. The molecular formula is C30H43FN3O6-. The lowest BCUT2D eigenvalue weighted by atomic mass is 9.94. The van der Waals surface area contributed by atoms with Crippen LogP contribution in [0.1, 0.15) is 45.7 Å². The van der Waals surface area contributed by atoms with Crippen molar-refractivity contribution in [3.8, 4) is 0 Å². The number of aliphatic hydroxyl groups excluding tert-OH is 2. The van der Waals surface area contributed by atoms with Crippen molar-refractivity contribution in [3.05, 3.63) is 71.8 Å². The van der Waals surface area contributed by atoms with Gasteiger partial charge in [-0.15, -0.1) is 0 Å². The number of rotatable bonds is 14. The summed E-state index contributed by atoms with van der Waals surface area (Å²) in [5.41, 5.74) is -0.502. The molecule has 0 radical (unpaired) electrons. The summed E-state index contributed by atoms with van der Waals surface area (Å²) in [4.78, 5) is 25.4. The molecule has 4 N–H and O–H groups in total. The predicted molar refractivity (Wildman–Crippen MR) is 149 cm³/mol. The Balaban J connectivity index is 2.15. The zero-order chi connectivity index (χ0) is 29.9. The maximum Gasteiger partial charge on any atom is 0.407 e. The van der Waals surface area contributed by atoms with Crippen LogP contribution in [-0.2, 0) is 17.6 Å². The smallest absolute Gasteiger partial charge is 0.407 e. The van der Waals surface area contributed by atoms with Crippen molar-refractivity contribution in [1.29, 1.82) is 0 Å². The summed E-state index contributed by atoms with van der Waals surface area (Å²) >= 11 is 0. The van der Waals surface area contributed by atoms with Crippen LogP contribution in [0.2, 0.25) is 0 Å². The summed E-state index contributed by atoms with van der Waals surface area (Å²) in [7, 11) is 0. The Labute approximate surface area is 236 Å². The fraction of sp³-hybridized carbons (Fsp3) is 0.533. The number of ether oxygens (including phenoxy) is 1. The molecule has 2 aromatic rings. The first-order valence-corrected chi connectivity index (χ1v) is 13.4. The van der Waals surface area contributed by atoms with Crippen molar-refractivity contribution in [2.24, 2.45) is 0 Å². The Morgan fingerprint density at radius 1 is 0.900 bits per heavy atom. The number of alkyl carbamates (subject to hydrolysis) is 1. The Morgan fingerprint density at radius 2 is 1.40 bits per heavy atom. The summed E-state index contributed by atoms with van der Waals surface area (Å²) < 4.78 is 19.2. The van der Waals surface area contributed by atoms with Crippen LogP contribution in [0.5, 0.6) is 0 Å². The number of benzene rings is 2. The second kappa shape index (κ2) is 15.0. The van der Waals surface area contributed by atoms with E-state index in [-0.39, 0.29) is 19.5 Å². The summed E-state index contributed by atoms with van der Waals surface area (Å²) in [6.07, 6.45) is -4.15. The Hall–Kier alpha value is -3.21. The Morgan fingerprint density at radius 3 is 1.88 bits per heavy atom. The van der Waals surface area contributed by atoms with Crippen molar-refractivity contribution >= 4 is 12.2 Å². The number of amides is 2. The molecule has 0 aliphatic rings. The minimum absolute atomic E-state index is 0.0275. The van der Waals surface area contributed by atoms with E-state index in [1.165, 1.54) is 13.8 Å². The van der Waals surface area contributed by atoms with Crippen molar-refractivity contribution in [3.63, 3.8) is 0 Å². The SMILES string of the molecule is CC(C)(C)OC(=O)N[C@@H](Cc1ccccc1)[C@H](O)CNC[C@@H](O)[C@H](Cc1ccccc1)N(C(=O)[O-])C(C)(C)CF. The number of hydrogen-bond donors (Lipinski definition) is 4. The fourth-order valence-corrected chi connectivity index (χ4v) is 4.42. The number of hydrogen-bond acceptors (Lipinski definition) is 7. The molecule has 2 rings (SSSR count). The van der Waals surface area contributed by atoms with Crippen LogP contribution >= 0.6 is 0 Å². The highest BCUT2D eigenvalue weighted by molar-refractivity contribution is 5.68. The van der Waals surface area contributed by atoms with E-state index in [9.17, 15) is 29.3 Å². The first kappa shape index (κ1) is 33.0. The summed E-state index contributed by atoms with van der Waals surface area (Å²) in [6.45, 7) is 6.98. The molecule has 0 aliphatic carbocycles. The van der Waals surface area contributed by atoms with Crippen LogP contribution < -0.4 is 15.7 Å². The summed E-state index contributed by atoms with van der Waals surface area (Å²) in [5, 5.41) is 39.9. The number of halogens is 1. The zero-order valence-corrected chi connectivity index (χ0v) is 24.0. The third-order valence-corrected chi connectivity index (χ3v) is 6.41. The number of aliphatic hydroxyl groups is 2. The van der Waals surface area contributed by atoms with E-state index in [4.69, 9.17) is 4.74 Å². The molecular weight excluding hydrogens is 517 g/mol. The minimum atomic E-state index is -1.59. The third kappa shape index (κ3) is 10.7. The topological polar surface area (TPSA) is 134 Å². The number of carbonyl (C=O) groups is 2. The normalized spacial score (nSPS) is 15.0. The van der Waals surface area contributed by atoms with Gasteiger partial charge in [0, 0.05) is 13.1 Å². The van der Waals surface area contributed by atoms with Crippen LogP contribution in [0, 0.1) is 0 Å². The van der Waals surface area contributed by atoms with Crippen LogP contribution in [0.3, 0.4) is 0 Å². The number of nitrogens with zero attached hydrogens (tertiary/aromatic N) is 1. The zero-order valence-electron chi connectivity index (χ0n) is 24.0. The molecule has 2 amide bonds. The van der Waals surface area contributed by atoms with Crippen molar-refractivity contribution in [1.82, 2.24) is 15.5 Å². The molecule has 0 saturated carbocycles. The highest BCUT2D eigenvalue weighted by Gasteiger charge is 2.37. The van der Waals surface area contributed by atoms with Gasteiger partial charge in [-0.05, 0) is 58.6 Å². The van der Waals surface area contributed by atoms with Crippen molar-refractivity contribution < 1.29 is 34.0 Å². The van der Waals surface area contributed by atoms with E-state index in [0.717, 1.165) is 16.0 Å². The molecule has 0 aliphatic heterocycles. The molecule has 222 valence electrons. The predicted octanol–water partition coefficient (Wildman–Crippen LogP) is 2.44. The standard InChI is InChI=1S/C30H44FN3O6/c1-29(2,3)40-27(37)33-23(16-21-12-8-6-9-13-21)25(35)18-32-19-26(36)24(17-22-14-10-7-11-15-22)34(28(38)39)30(4,5)20-31/h6-15,23-26,32,35-36H,16-20H2,1-5H3,(H,33,37)(H,38,39)/p-1/t23-,24-,25+,26+/m0/s1. The Bertz CT molecular complexity index is 1050. The second-order valence-electron chi connectivity index (χ2n) is 11.6. The van der Waals surface area contributed by atoms with E-state index in [1.54, 1.807) is 45.0 Å². The van der Waals surface area contributed by atoms with E-state index in [0.29, 0.717) is 6.42 Å².